The molecule has 0 aromatic carbocycles. The third kappa shape index (κ3) is 5.79. The molecule has 26 heavy (non-hydrogen) atoms. The molecular weight excluding hydrogens is 332 g/mol. The van der Waals surface area contributed by atoms with Crippen LogP contribution in [0.5, 0.6) is 0 Å². The Morgan fingerprint density at radius 2 is 1.88 bits per heavy atom. The number of rotatable bonds is 3. The lowest BCUT2D eigenvalue weighted by Gasteiger charge is -2.36. The third-order valence-electron chi connectivity index (χ3n) is 3.95. The molecule has 0 atom stereocenters. The maximum Gasteiger partial charge on any atom is 0.410 e. The van der Waals surface area contributed by atoms with E-state index in [4.69, 9.17) is 10.5 Å². The first-order valence-corrected chi connectivity index (χ1v) is 8.81. The molecule has 2 N–H and O–H groups in total. The van der Waals surface area contributed by atoms with Gasteiger partial charge in [0.15, 0.2) is 5.96 Å². The summed E-state index contributed by atoms with van der Waals surface area (Å²) >= 11 is 0. The van der Waals surface area contributed by atoms with Gasteiger partial charge in [0.25, 0.3) is 0 Å². The maximum absolute atomic E-state index is 12.1. The summed E-state index contributed by atoms with van der Waals surface area (Å²) < 4.78 is 5.41. The number of guanidine groups is 1. The summed E-state index contributed by atoms with van der Waals surface area (Å²) in [7, 11) is 3.90. The second-order valence-corrected chi connectivity index (χ2v) is 7.55. The van der Waals surface area contributed by atoms with Crippen molar-refractivity contribution >= 4 is 17.9 Å². The summed E-state index contributed by atoms with van der Waals surface area (Å²) in [6.07, 6.45) is 1.50. The first-order valence-electron chi connectivity index (χ1n) is 8.81. The van der Waals surface area contributed by atoms with Gasteiger partial charge in [0.2, 0.25) is 0 Å². The highest BCUT2D eigenvalue weighted by Crippen LogP contribution is 2.13. The van der Waals surface area contributed by atoms with Crippen molar-refractivity contribution in [2.45, 2.75) is 32.9 Å². The Labute approximate surface area is 155 Å². The van der Waals surface area contributed by atoms with Crippen LogP contribution in [0.15, 0.2) is 23.3 Å². The van der Waals surface area contributed by atoms with Crippen molar-refractivity contribution in [2.75, 3.05) is 45.2 Å². The van der Waals surface area contributed by atoms with Gasteiger partial charge in [0, 0.05) is 46.5 Å². The number of carbonyl (C=O) groups excluding carboxylic acids is 1. The number of pyridine rings is 1. The monoisotopic (exact) mass is 362 g/mol. The molecule has 2 heterocycles. The molecule has 0 aliphatic carbocycles. The highest BCUT2D eigenvalue weighted by Gasteiger charge is 2.26. The SMILES string of the molecule is CN(C)c1cc(CN=C(N)N2CCN(C(=O)OC(C)(C)C)CC2)ccn1. The average Bonchev–Trinajstić information content (AvgIpc) is 2.58. The molecule has 1 saturated heterocycles. The Balaban J connectivity index is 1.87. The topological polar surface area (TPSA) is 87.3 Å². The number of ether oxygens (including phenoxy) is 1. The van der Waals surface area contributed by atoms with Crippen LogP contribution < -0.4 is 10.6 Å². The van der Waals surface area contributed by atoms with Gasteiger partial charge >= 0.3 is 6.09 Å². The Morgan fingerprint density at radius 1 is 1.27 bits per heavy atom. The Kier molecular flexibility index (Phi) is 6.28. The third-order valence-corrected chi connectivity index (χ3v) is 3.95. The Hall–Kier alpha value is -2.51. The van der Waals surface area contributed by atoms with Gasteiger partial charge in [0.1, 0.15) is 11.4 Å². The normalized spacial score (nSPS) is 15.8. The molecule has 1 amide bonds. The summed E-state index contributed by atoms with van der Waals surface area (Å²) in [5.41, 5.74) is 6.71. The smallest absolute Gasteiger partial charge is 0.410 e. The number of amides is 1. The van der Waals surface area contributed by atoms with Crippen LogP contribution in [0, 0.1) is 0 Å². The van der Waals surface area contributed by atoms with Gasteiger partial charge in [-0.1, -0.05) is 0 Å². The molecule has 1 aromatic heterocycles. The predicted octanol–water partition coefficient (Wildman–Crippen LogP) is 1.52. The van der Waals surface area contributed by atoms with Gasteiger partial charge in [0.05, 0.1) is 6.54 Å². The predicted molar refractivity (Wildman–Crippen MR) is 103 cm³/mol. The fourth-order valence-electron chi connectivity index (χ4n) is 2.52. The van der Waals surface area contributed by atoms with Crippen molar-refractivity contribution < 1.29 is 9.53 Å². The van der Waals surface area contributed by atoms with Crippen LogP contribution in [0.3, 0.4) is 0 Å². The van der Waals surface area contributed by atoms with E-state index in [1.54, 1.807) is 11.1 Å². The highest BCUT2D eigenvalue weighted by atomic mass is 16.6. The molecule has 8 nitrogen and oxygen atoms in total. The second-order valence-electron chi connectivity index (χ2n) is 7.55. The van der Waals surface area contributed by atoms with Gasteiger partial charge in [-0.15, -0.1) is 0 Å². The number of hydrogen-bond donors (Lipinski definition) is 1. The van der Waals surface area contributed by atoms with Crippen molar-refractivity contribution in [3.8, 4) is 0 Å². The molecule has 1 aliphatic heterocycles. The van der Waals surface area contributed by atoms with E-state index in [0.29, 0.717) is 38.7 Å². The molecule has 1 aliphatic rings. The van der Waals surface area contributed by atoms with Crippen LogP contribution in [0.25, 0.3) is 0 Å². The fraction of sp³-hybridized carbons (Fsp3) is 0.611. The summed E-state index contributed by atoms with van der Waals surface area (Å²) in [5, 5.41) is 0. The van der Waals surface area contributed by atoms with Crippen LogP contribution in [-0.4, -0.2) is 72.7 Å². The summed E-state index contributed by atoms with van der Waals surface area (Å²) in [5.74, 6) is 1.39. The Morgan fingerprint density at radius 3 is 2.46 bits per heavy atom. The summed E-state index contributed by atoms with van der Waals surface area (Å²) in [4.78, 5) is 26.5. The minimum absolute atomic E-state index is 0.277. The van der Waals surface area contributed by atoms with Gasteiger partial charge < -0.3 is 25.2 Å². The molecule has 0 radical (unpaired) electrons. The lowest BCUT2D eigenvalue weighted by atomic mass is 10.2. The number of aromatic nitrogens is 1. The lowest BCUT2D eigenvalue weighted by Crippen LogP contribution is -2.53. The summed E-state index contributed by atoms with van der Waals surface area (Å²) in [6, 6.07) is 3.93. The quantitative estimate of drug-likeness (QED) is 0.648. The van der Waals surface area contributed by atoms with E-state index in [-0.39, 0.29) is 6.09 Å². The zero-order chi connectivity index (χ0) is 19.3. The number of nitrogens with two attached hydrogens (primary N) is 1. The summed E-state index contributed by atoms with van der Waals surface area (Å²) in [6.45, 7) is 8.55. The zero-order valence-electron chi connectivity index (χ0n) is 16.4. The van der Waals surface area contributed by atoms with E-state index in [2.05, 4.69) is 9.98 Å². The van der Waals surface area contributed by atoms with Gasteiger partial charge in [-0.25, -0.2) is 14.8 Å². The highest BCUT2D eigenvalue weighted by molar-refractivity contribution is 5.78. The molecular formula is C18H30N6O2. The number of nitrogens with zero attached hydrogens (tertiary/aromatic N) is 5. The fourth-order valence-corrected chi connectivity index (χ4v) is 2.52. The molecule has 0 spiro atoms. The van der Waals surface area contributed by atoms with Crippen LogP contribution in [0.4, 0.5) is 10.6 Å². The van der Waals surface area contributed by atoms with Crippen molar-refractivity contribution in [1.82, 2.24) is 14.8 Å². The van der Waals surface area contributed by atoms with Crippen LogP contribution in [-0.2, 0) is 11.3 Å². The van der Waals surface area contributed by atoms with Gasteiger partial charge in [-0.3, -0.25) is 0 Å². The first kappa shape index (κ1) is 19.8. The molecule has 144 valence electrons. The minimum Gasteiger partial charge on any atom is -0.444 e. The molecule has 0 unspecified atom stereocenters. The molecule has 0 saturated carbocycles. The lowest BCUT2D eigenvalue weighted by molar-refractivity contribution is 0.0186. The maximum atomic E-state index is 12.1. The number of carbonyl (C=O) groups is 1. The minimum atomic E-state index is -0.481. The van der Waals surface area contributed by atoms with E-state index < -0.39 is 5.60 Å². The number of aliphatic imine (C=N–C) groups is 1. The molecule has 1 aromatic rings. The van der Waals surface area contributed by atoms with Crippen molar-refractivity contribution in [3.05, 3.63) is 23.9 Å². The largest absolute Gasteiger partial charge is 0.444 e. The van der Waals surface area contributed by atoms with E-state index in [0.717, 1.165) is 11.4 Å². The van der Waals surface area contributed by atoms with Crippen LogP contribution in [0.1, 0.15) is 26.3 Å². The second kappa shape index (κ2) is 8.25. The molecule has 0 bridgehead atoms. The van der Waals surface area contributed by atoms with Gasteiger partial charge in [-0.05, 0) is 38.5 Å². The Bertz CT molecular complexity index is 645. The van der Waals surface area contributed by atoms with E-state index in [1.165, 1.54) is 0 Å². The van der Waals surface area contributed by atoms with E-state index >= 15 is 0 Å². The first-order chi connectivity index (χ1) is 12.2. The molecule has 8 heteroatoms. The number of anilines is 1. The molecule has 2 rings (SSSR count). The zero-order valence-corrected chi connectivity index (χ0v) is 16.4. The van der Waals surface area contributed by atoms with Crippen molar-refractivity contribution in [3.63, 3.8) is 0 Å². The number of piperazine rings is 1. The van der Waals surface area contributed by atoms with Crippen molar-refractivity contribution in [1.29, 1.82) is 0 Å². The van der Waals surface area contributed by atoms with Gasteiger partial charge in [-0.2, -0.15) is 0 Å². The standard InChI is InChI=1S/C18H30N6O2/c1-18(2,3)26-17(25)24-10-8-23(9-11-24)16(19)21-13-14-6-7-20-15(12-14)22(4)5/h6-7,12H,8-11,13H2,1-5H3,(H2,19,21). The van der Waals surface area contributed by atoms with E-state index in [1.807, 2.05) is 56.8 Å². The van der Waals surface area contributed by atoms with Crippen molar-refractivity contribution in [2.24, 2.45) is 10.7 Å². The average molecular weight is 362 g/mol. The number of hydrogen-bond acceptors (Lipinski definition) is 5. The van der Waals surface area contributed by atoms with E-state index in [9.17, 15) is 4.79 Å². The van der Waals surface area contributed by atoms with Crippen LogP contribution in [0.2, 0.25) is 0 Å². The molecule has 1 fully saturated rings. The van der Waals surface area contributed by atoms with Crippen LogP contribution >= 0.6 is 0 Å².